The third kappa shape index (κ3) is 4.72. The summed E-state index contributed by atoms with van der Waals surface area (Å²) in [5.41, 5.74) is 0.712. The zero-order valence-electron chi connectivity index (χ0n) is 9.01. The molecule has 0 heterocycles. The van der Waals surface area contributed by atoms with Gasteiger partial charge in [-0.05, 0) is 31.2 Å². The molecule has 4 heteroatoms. The normalized spacial score (nSPS) is 8.88. The summed E-state index contributed by atoms with van der Waals surface area (Å²) in [4.78, 5) is 11.4. The van der Waals surface area contributed by atoms with Crippen LogP contribution in [0, 0.1) is 11.8 Å². The molecule has 0 saturated carbocycles. The Balaban J connectivity index is 2.33. The van der Waals surface area contributed by atoms with Crippen LogP contribution < -0.4 is 10.6 Å². The highest BCUT2D eigenvalue weighted by Gasteiger charge is 1.99. The average Bonchev–Trinajstić information content (AvgIpc) is 2.28. The van der Waals surface area contributed by atoms with Crippen molar-refractivity contribution in [3.63, 3.8) is 0 Å². The van der Waals surface area contributed by atoms with E-state index in [1.807, 2.05) is 0 Å². The molecule has 16 heavy (non-hydrogen) atoms. The maximum Gasteiger partial charge on any atom is 0.319 e. The zero-order valence-corrected chi connectivity index (χ0v) is 9.77. The smallest absolute Gasteiger partial charge is 0.319 e. The molecule has 0 spiro atoms. The van der Waals surface area contributed by atoms with E-state index in [2.05, 4.69) is 22.5 Å². The second kappa shape index (κ2) is 6.76. The van der Waals surface area contributed by atoms with Crippen LogP contribution >= 0.6 is 11.6 Å². The van der Waals surface area contributed by atoms with Gasteiger partial charge in [0.25, 0.3) is 0 Å². The van der Waals surface area contributed by atoms with E-state index >= 15 is 0 Å². The van der Waals surface area contributed by atoms with Gasteiger partial charge < -0.3 is 10.6 Å². The van der Waals surface area contributed by atoms with Gasteiger partial charge in [-0.25, -0.2) is 4.79 Å². The Morgan fingerprint density at radius 2 is 2.06 bits per heavy atom. The van der Waals surface area contributed by atoms with Crippen LogP contribution in [-0.4, -0.2) is 12.6 Å². The van der Waals surface area contributed by atoms with Crippen LogP contribution in [-0.2, 0) is 0 Å². The van der Waals surface area contributed by atoms with Gasteiger partial charge in [-0.15, -0.1) is 11.8 Å². The molecule has 0 unspecified atom stereocenters. The molecular weight excluding hydrogens is 224 g/mol. The summed E-state index contributed by atoms with van der Waals surface area (Å²) in [6.07, 6.45) is 0.657. The van der Waals surface area contributed by atoms with Gasteiger partial charge in [0.05, 0.1) is 0 Å². The van der Waals surface area contributed by atoms with Crippen molar-refractivity contribution in [3.8, 4) is 11.8 Å². The first-order chi connectivity index (χ1) is 7.72. The quantitative estimate of drug-likeness (QED) is 0.615. The largest absolute Gasteiger partial charge is 0.337 e. The molecule has 0 aliphatic rings. The Labute approximate surface area is 100 Å². The Morgan fingerprint density at radius 1 is 1.38 bits per heavy atom. The molecule has 0 aromatic heterocycles. The van der Waals surface area contributed by atoms with Crippen LogP contribution in [0.5, 0.6) is 0 Å². The number of benzene rings is 1. The predicted octanol–water partition coefficient (Wildman–Crippen LogP) is 2.87. The van der Waals surface area contributed by atoms with Crippen LogP contribution in [0.4, 0.5) is 10.5 Å². The fourth-order valence-electron chi connectivity index (χ4n) is 1.07. The highest BCUT2D eigenvalue weighted by atomic mass is 35.5. The molecular formula is C12H13ClN2O. The number of anilines is 1. The Hall–Kier alpha value is -1.66. The number of halogens is 1. The maximum atomic E-state index is 11.4. The molecule has 0 radical (unpaired) electrons. The van der Waals surface area contributed by atoms with Gasteiger partial charge in [-0.2, -0.15) is 0 Å². The molecule has 0 fully saturated rings. The van der Waals surface area contributed by atoms with E-state index in [0.29, 0.717) is 23.7 Å². The molecule has 0 aliphatic heterocycles. The summed E-state index contributed by atoms with van der Waals surface area (Å²) in [5.74, 6) is 5.63. The van der Waals surface area contributed by atoms with Crippen molar-refractivity contribution >= 4 is 23.3 Å². The number of carbonyl (C=O) groups is 1. The molecule has 2 N–H and O–H groups in total. The van der Waals surface area contributed by atoms with Crippen molar-refractivity contribution in [2.75, 3.05) is 11.9 Å². The Kier molecular flexibility index (Phi) is 5.24. The van der Waals surface area contributed by atoms with Crippen molar-refractivity contribution in [2.45, 2.75) is 13.3 Å². The summed E-state index contributed by atoms with van der Waals surface area (Å²) < 4.78 is 0. The maximum absolute atomic E-state index is 11.4. The third-order valence-corrected chi connectivity index (χ3v) is 2.07. The lowest BCUT2D eigenvalue weighted by Gasteiger charge is -2.05. The van der Waals surface area contributed by atoms with Gasteiger partial charge >= 0.3 is 6.03 Å². The van der Waals surface area contributed by atoms with Crippen LogP contribution in [0.1, 0.15) is 13.3 Å². The van der Waals surface area contributed by atoms with Crippen LogP contribution in [0.2, 0.25) is 5.02 Å². The zero-order chi connectivity index (χ0) is 11.8. The topological polar surface area (TPSA) is 41.1 Å². The second-order valence-electron chi connectivity index (χ2n) is 3.06. The first-order valence-electron chi connectivity index (χ1n) is 4.92. The lowest BCUT2D eigenvalue weighted by Crippen LogP contribution is -2.29. The molecule has 84 valence electrons. The average molecular weight is 237 g/mol. The third-order valence-electron chi connectivity index (χ3n) is 1.81. The van der Waals surface area contributed by atoms with Crippen molar-refractivity contribution in [3.05, 3.63) is 29.3 Å². The number of rotatable bonds is 3. The number of hydrogen-bond acceptors (Lipinski definition) is 1. The van der Waals surface area contributed by atoms with Gasteiger partial charge in [0, 0.05) is 23.7 Å². The van der Waals surface area contributed by atoms with E-state index < -0.39 is 0 Å². The lowest BCUT2D eigenvalue weighted by atomic mass is 10.3. The summed E-state index contributed by atoms with van der Waals surface area (Å²) in [7, 11) is 0. The molecule has 2 amide bonds. The molecule has 0 aliphatic carbocycles. The van der Waals surface area contributed by atoms with E-state index in [1.54, 1.807) is 31.2 Å². The standard InChI is InChI=1S/C12H13ClN2O/c1-2-3-4-9-14-12(16)15-11-7-5-10(13)6-8-11/h5-8H,4,9H2,1H3,(H2,14,15,16). The summed E-state index contributed by atoms with van der Waals surface area (Å²) in [5, 5.41) is 6.03. The minimum atomic E-state index is -0.236. The lowest BCUT2D eigenvalue weighted by molar-refractivity contribution is 0.252. The molecule has 1 aromatic carbocycles. The van der Waals surface area contributed by atoms with E-state index in [4.69, 9.17) is 11.6 Å². The number of nitrogens with one attached hydrogen (secondary N) is 2. The Morgan fingerprint density at radius 3 is 2.69 bits per heavy atom. The van der Waals surface area contributed by atoms with Gasteiger partial charge in [-0.3, -0.25) is 0 Å². The first-order valence-corrected chi connectivity index (χ1v) is 5.30. The molecule has 3 nitrogen and oxygen atoms in total. The van der Waals surface area contributed by atoms with E-state index in [-0.39, 0.29) is 6.03 Å². The molecule has 0 atom stereocenters. The number of amides is 2. The van der Waals surface area contributed by atoms with Crippen molar-refractivity contribution in [1.82, 2.24) is 5.32 Å². The highest BCUT2D eigenvalue weighted by Crippen LogP contribution is 2.12. The number of hydrogen-bond donors (Lipinski definition) is 2. The van der Waals surface area contributed by atoms with E-state index in [9.17, 15) is 4.79 Å². The van der Waals surface area contributed by atoms with Crippen LogP contribution in [0.3, 0.4) is 0 Å². The summed E-state index contributed by atoms with van der Waals surface area (Å²) in [6.45, 7) is 2.31. The van der Waals surface area contributed by atoms with Gasteiger partial charge in [0.15, 0.2) is 0 Å². The first kappa shape index (κ1) is 12.4. The Bertz CT molecular complexity index is 403. The molecule has 1 aromatic rings. The van der Waals surface area contributed by atoms with Gasteiger partial charge in [0.1, 0.15) is 0 Å². The van der Waals surface area contributed by atoms with Gasteiger partial charge in [0.2, 0.25) is 0 Å². The second-order valence-corrected chi connectivity index (χ2v) is 3.50. The number of urea groups is 1. The van der Waals surface area contributed by atoms with Crippen molar-refractivity contribution < 1.29 is 4.79 Å². The van der Waals surface area contributed by atoms with Crippen molar-refractivity contribution in [2.24, 2.45) is 0 Å². The monoisotopic (exact) mass is 236 g/mol. The molecule has 0 saturated heterocycles. The van der Waals surface area contributed by atoms with Crippen LogP contribution in [0.15, 0.2) is 24.3 Å². The summed E-state index contributed by atoms with van der Waals surface area (Å²) >= 11 is 5.72. The SMILES string of the molecule is CC#CCCNC(=O)Nc1ccc(Cl)cc1. The molecule has 0 bridgehead atoms. The molecule has 1 rings (SSSR count). The number of carbonyl (C=O) groups excluding carboxylic acids is 1. The van der Waals surface area contributed by atoms with E-state index in [0.717, 1.165) is 0 Å². The van der Waals surface area contributed by atoms with Crippen molar-refractivity contribution in [1.29, 1.82) is 0 Å². The highest BCUT2D eigenvalue weighted by molar-refractivity contribution is 6.30. The van der Waals surface area contributed by atoms with Crippen LogP contribution in [0.25, 0.3) is 0 Å². The predicted molar refractivity (Wildman–Crippen MR) is 66.5 cm³/mol. The fourth-order valence-corrected chi connectivity index (χ4v) is 1.20. The van der Waals surface area contributed by atoms with E-state index in [1.165, 1.54) is 0 Å². The minimum Gasteiger partial charge on any atom is -0.337 e. The fraction of sp³-hybridized carbons (Fsp3) is 0.250. The minimum absolute atomic E-state index is 0.236. The summed E-state index contributed by atoms with van der Waals surface area (Å²) in [6, 6.07) is 6.70. The van der Waals surface area contributed by atoms with Gasteiger partial charge in [-0.1, -0.05) is 11.6 Å².